The number of rotatable bonds is 3. The number of halogens is 2. The number of esters is 1. The number of ether oxygens (including phenoxy) is 1. The van der Waals surface area contributed by atoms with E-state index in [0.29, 0.717) is 5.75 Å². The molecule has 1 aliphatic carbocycles. The minimum atomic E-state index is -0.163. The van der Waals surface area contributed by atoms with Gasteiger partial charge in [0.05, 0.1) is 9.31 Å². The zero-order valence-electron chi connectivity index (χ0n) is 12.3. The third-order valence-corrected chi connectivity index (χ3v) is 4.96. The van der Waals surface area contributed by atoms with E-state index in [1.165, 1.54) is 0 Å². The predicted octanol–water partition coefficient (Wildman–Crippen LogP) is 5.65. The summed E-state index contributed by atoms with van der Waals surface area (Å²) in [6, 6.07) is 13.7. The van der Waals surface area contributed by atoms with Crippen molar-refractivity contribution in [2.24, 2.45) is 17.3 Å². The maximum Gasteiger partial charge on any atom is 0.315 e. The fourth-order valence-corrected chi connectivity index (χ4v) is 3.60. The maximum atomic E-state index is 12.5. The Labute approximate surface area is 146 Å². The summed E-state index contributed by atoms with van der Waals surface area (Å²) in [7, 11) is 0. The zero-order chi connectivity index (χ0) is 15.9. The van der Waals surface area contributed by atoms with E-state index >= 15 is 0 Å². The molecule has 2 atom stereocenters. The smallest absolute Gasteiger partial charge is 0.315 e. The number of carbonyl (C=O) groups is 1. The minimum absolute atomic E-state index is 0.0749. The standard InChI is InChI=1S/C18H16Br2O2/c1-18(2)13(10-15(19)20)16(18)17(21)22-14-9-5-7-11-6-3-4-8-12(11)14/h3-10,13,16H,1-2H3/t13-,16+/m0/s1. The Morgan fingerprint density at radius 3 is 2.55 bits per heavy atom. The van der Waals surface area contributed by atoms with Gasteiger partial charge in [-0.2, -0.15) is 0 Å². The first-order valence-corrected chi connectivity index (χ1v) is 8.72. The minimum Gasteiger partial charge on any atom is -0.426 e. The average Bonchev–Trinajstić information content (AvgIpc) is 2.99. The second kappa shape index (κ2) is 5.82. The van der Waals surface area contributed by atoms with E-state index in [1.54, 1.807) is 0 Å². The van der Waals surface area contributed by atoms with Gasteiger partial charge in [-0.3, -0.25) is 4.79 Å². The van der Waals surface area contributed by atoms with E-state index in [9.17, 15) is 4.79 Å². The van der Waals surface area contributed by atoms with E-state index in [4.69, 9.17) is 4.74 Å². The summed E-state index contributed by atoms with van der Waals surface area (Å²) >= 11 is 6.74. The molecule has 0 aromatic heterocycles. The van der Waals surface area contributed by atoms with Gasteiger partial charge in [0.2, 0.25) is 0 Å². The monoisotopic (exact) mass is 422 g/mol. The van der Waals surface area contributed by atoms with Gasteiger partial charge in [0.1, 0.15) is 5.75 Å². The second-order valence-corrected chi connectivity index (χ2v) is 8.95. The summed E-state index contributed by atoms with van der Waals surface area (Å²) in [5.41, 5.74) is -0.0749. The van der Waals surface area contributed by atoms with Gasteiger partial charge in [0.15, 0.2) is 0 Å². The van der Waals surface area contributed by atoms with Crippen molar-refractivity contribution in [3.8, 4) is 5.75 Å². The lowest BCUT2D eigenvalue weighted by Gasteiger charge is -2.08. The van der Waals surface area contributed by atoms with Crippen LogP contribution in [0.4, 0.5) is 0 Å². The third-order valence-electron chi connectivity index (χ3n) is 4.43. The average molecular weight is 424 g/mol. The molecule has 3 rings (SSSR count). The van der Waals surface area contributed by atoms with Crippen molar-refractivity contribution in [3.05, 3.63) is 51.9 Å². The highest BCUT2D eigenvalue weighted by atomic mass is 79.9. The number of hydrogen-bond acceptors (Lipinski definition) is 2. The van der Waals surface area contributed by atoms with Crippen LogP contribution in [0.5, 0.6) is 5.75 Å². The van der Waals surface area contributed by atoms with Gasteiger partial charge in [0.25, 0.3) is 0 Å². The first kappa shape index (κ1) is 15.8. The summed E-state index contributed by atoms with van der Waals surface area (Å²) in [5, 5.41) is 2.04. The van der Waals surface area contributed by atoms with Crippen LogP contribution >= 0.6 is 31.9 Å². The summed E-state index contributed by atoms with van der Waals surface area (Å²) in [4.78, 5) is 12.5. The van der Waals surface area contributed by atoms with Gasteiger partial charge in [-0.15, -0.1) is 0 Å². The Bertz CT molecular complexity index is 755. The Hall–Kier alpha value is -1.13. The molecule has 1 aliphatic rings. The number of allylic oxidation sites excluding steroid dienone is 1. The molecule has 1 saturated carbocycles. The molecule has 0 radical (unpaired) electrons. The maximum absolute atomic E-state index is 12.5. The molecule has 22 heavy (non-hydrogen) atoms. The molecule has 0 spiro atoms. The van der Waals surface area contributed by atoms with Crippen molar-refractivity contribution >= 4 is 48.6 Å². The Kier molecular flexibility index (Phi) is 4.17. The van der Waals surface area contributed by atoms with E-state index in [1.807, 2.05) is 48.5 Å². The third kappa shape index (κ3) is 2.86. The largest absolute Gasteiger partial charge is 0.426 e. The van der Waals surface area contributed by atoms with Crippen LogP contribution in [0.3, 0.4) is 0 Å². The number of fused-ring (bicyclic) bond motifs is 1. The SMILES string of the molecule is CC1(C)[C@@H](C=C(Br)Br)[C@@H]1C(=O)Oc1cccc2ccccc12. The van der Waals surface area contributed by atoms with Crippen LogP contribution in [0.1, 0.15) is 13.8 Å². The van der Waals surface area contributed by atoms with E-state index in [2.05, 4.69) is 45.7 Å². The molecule has 2 aromatic rings. The molecule has 0 bridgehead atoms. The lowest BCUT2D eigenvalue weighted by atomic mass is 10.1. The van der Waals surface area contributed by atoms with E-state index in [0.717, 1.165) is 14.2 Å². The topological polar surface area (TPSA) is 26.3 Å². The molecule has 1 fully saturated rings. The molecular weight excluding hydrogens is 408 g/mol. The first-order valence-electron chi connectivity index (χ1n) is 7.13. The van der Waals surface area contributed by atoms with Crippen molar-refractivity contribution in [1.29, 1.82) is 0 Å². The van der Waals surface area contributed by atoms with E-state index < -0.39 is 0 Å². The van der Waals surface area contributed by atoms with Crippen molar-refractivity contribution < 1.29 is 9.53 Å². The first-order chi connectivity index (χ1) is 10.4. The molecule has 0 saturated heterocycles. The number of benzene rings is 2. The summed E-state index contributed by atoms with van der Waals surface area (Å²) in [5.74, 6) is 0.538. The van der Waals surface area contributed by atoms with Crippen LogP contribution in [0.15, 0.2) is 51.9 Å². The molecule has 2 aromatic carbocycles. The number of carbonyl (C=O) groups excluding carboxylic acids is 1. The summed E-state index contributed by atoms with van der Waals surface area (Å²) in [6.45, 7) is 4.18. The van der Waals surface area contributed by atoms with Gasteiger partial charge in [-0.05, 0) is 54.6 Å². The van der Waals surface area contributed by atoms with Gasteiger partial charge < -0.3 is 4.74 Å². The molecule has 0 unspecified atom stereocenters. The van der Waals surface area contributed by atoms with Crippen LogP contribution in [-0.4, -0.2) is 5.97 Å². The lowest BCUT2D eigenvalue weighted by molar-refractivity contribution is -0.136. The van der Waals surface area contributed by atoms with Crippen LogP contribution in [0, 0.1) is 17.3 Å². The second-order valence-electron chi connectivity index (χ2n) is 6.18. The highest BCUT2D eigenvalue weighted by Crippen LogP contribution is 2.60. The van der Waals surface area contributed by atoms with Crippen molar-refractivity contribution in [2.45, 2.75) is 13.8 Å². The highest BCUT2D eigenvalue weighted by molar-refractivity contribution is 9.28. The molecule has 0 amide bonds. The summed E-state index contributed by atoms with van der Waals surface area (Å²) in [6.07, 6.45) is 2.02. The van der Waals surface area contributed by atoms with Crippen molar-refractivity contribution in [3.63, 3.8) is 0 Å². The molecular formula is C18H16Br2O2. The van der Waals surface area contributed by atoms with Crippen LogP contribution in [-0.2, 0) is 4.79 Å². The zero-order valence-corrected chi connectivity index (χ0v) is 15.5. The fraction of sp³-hybridized carbons (Fsp3) is 0.278. The van der Waals surface area contributed by atoms with Crippen molar-refractivity contribution in [1.82, 2.24) is 0 Å². The molecule has 0 aliphatic heterocycles. The van der Waals surface area contributed by atoms with Crippen LogP contribution in [0.25, 0.3) is 10.8 Å². The molecule has 4 heteroatoms. The normalized spacial score (nSPS) is 22.2. The lowest BCUT2D eigenvalue weighted by Crippen LogP contribution is -2.14. The summed E-state index contributed by atoms with van der Waals surface area (Å²) < 4.78 is 6.57. The van der Waals surface area contributed by atoms with Crippen LogP contribution < -0.4 is 4.74 Å². The highest BCUT2D eigenvalue weighted by Gasteiger charge is 2.61. The number of hydrogen-bond donors (Lipinski definition) is 0. The fourth-order valence-electron chi connectivity index (χ4n) is 3.03. The Morgan fingerprint density at radius 1 is 1.14 bits per heavy atom. The van der Waals surface area contributed by atoms with Gasteiger partial charge in [-0.1, -0.05) is 56.3 Å². The van der Waals surface area contributed by atoms with Crippen LogP contribution in [0.2, 0.25) is 0 Å². The van der Waals surface area contributed by atoms with Gasteiger partial charge >= 0.3 is 5.97 Å². The van der Waals surface area contributed by atoms with E-state index in [-0.39, 0.29) is 23.2 Å². The molecule has 2 nitrogen and oxygen atoms in total. The Morgan fingerprint density at radius 2 is 1.82 bits per heavy atom. The van der Waals surface area contributed by atoms with Crippen molar-refractivity contribution in [2.75, 3.05) is 0 Å². The molecule has 0 N–H and O–H groups in total. The van der Waals surface area contributed by atoms with Gasteiger partial charge in [0, 0.05) is 5.39 Å². The predicted molar refractivity (Wildman–Crippen MR) is 96.3 cm³/mol. The molecule has 0 heterocycles. The quantitative estimate of drug-likeness (QED) is 0.471. The molecule has 114 valence electrons. The Balaban J connectivity index is 1.84. The van der Waals surface area contributed by atoms with Gasteiger partial charge in [-0.25, -0.2) is 0 Å².